The van der Waals surface area contributed by atoms with E-state index in [1.54, 1.807) is 13.8 Å². The predicted octanol–water partition coefficient (Wildman–Crippen LogP) is -1.05. The van der Waals surface area contributed by atoms with Crippen molar-refractivity contribution in [3.8, 4) is 0 Å². The summed E-state index contributed by atoms with van der Waals surface area (Å²) < 4.78 is 12.6. The summed E-state index contributed by atoms with van der Waals surface area (Å²) in [6, 6.07) is 0. The first-order chi connectivity index (χ1) is 12.4. The van der Waals surface area contributed by atoms with Crippen LogP contribution in [0.1, 0.15) is 20.1 Å². The number of amides is 1. The number of nitrogens with one attached hydrogen (secondary N) is 2. The lowest BCUT2D eigenvalue weighted by Crippen LogP contribution is -2.36. The minimum Gasteiger partial charge on any atom is -0.387 e. The summed E-state index contributed by atoms with van der Waals surface area (Å²) >= 11 is 0. The maximum absolute atomic E-state index is 12.3. The lowest BCUT2D eigenvalue weighted by atomic mass is 10.1. The Morgan fingerprint density at radius 1 is 1.58 bits per heavy atom. The normalized spacial score (nSPS) is 25.9. The molecule has 0 aliphatic carbocycles. The molecule has 11 nitrogen and oxygen atoms in total. The van der Waals surface area contributed by atoms with Crippen molar-refractivity contribution in [3.05, 3.63) is 16.7 Å². The van der Waals surface area contributed by atoms with Crippen LogP contribution >= 0.6 is 0 Å². The van der Waals surface area contributed by atoms with E-state index in [2.05, 4.69) is 20.3 Å². The summed E-state index contributed by atoms with van der Waals surface area (Å²) in [4.78, 5) is 34.9. The second-order valence-corrected chi connectivity index (χ2v) is 6.37. The van der Waals surface area contributed by atoms with E-state index in [-0.39, 0.29) is 35.5 Å². The third-order valence-electron chi connectivity index (χ3n) is 4.29. The number of hydrogen-bond acceptors (Lipinski definition) is 8. The van der Waals surface area contributed by atoms with Gasteiger partial charge in [0.05, 0.1) is 6.33 Å². The Morgan fingerprint density at radius 2 is 2.31 bits per heavy atom. The number of aliphatic hydroxyl groups is 1. The molecule has 4 atom stereocenters. The molecule has 1 saturated heterocycles. The molecule has 0 radical (unpaired) electrons. The van der Waals surface area contributed by atoms with Gasteiger partial charge in [0.15, 0.2) is 17.4 Å². The fourth-order valence-corrected chi connectivity index (χ4v) is 2.82. The number of aromatic amines is 1. The highest BCUT2D eigenvalue weighted by Crippen LogP contribution is 2.32. The Morgan fingerprint density at radius 3 is 2.92 bits per heavy atom. The van der Waals surface area contributed by atoms with Gasteiger partial charge in [0.2, 0.25) is 11.9 Å². The number of rotatable bonds is 5. The number of hydrogen-bond donors (Lipinski definition) is 4. The van der Waals surface area contributed by atoms with Crippen molar-refractivity contribution in [3.63, 3.8) is 0 Å². The first-order valence-electron chi connectivity index (χ1n) is 8.21. The number of methoxy groups -OCH3 is 1. The molecule has 5 N–H and O–H groups in total. The van der Waals surface area contributed by atoms with E-state index in [1.165, 1.54) is 18.0 Å². The molecule has 0 aromatic carbocycles. The lowest BCUT2D eigenvalue weighted by molar-refractivity contribution is -0.118. The summed E-state index contributed by atoms with van der Waals surface area (Å²) in [5, 5.41) is 12.8. The Balaban J connectivity index is 2.03. The zero-order chi connectivity index (χ0) is 19.0. The summed E-state index contributed by atoms with van der Waals surface area (Å²) in [7, 11) is 1.44. The molecule has 1 fully saturated rings. The fourth-order valence-electron chi connectivity index (χ4n) is 2.82. The number of anilines is 1. The molecule has 0 saturated carbocycles. The average Bonchev–Trinajstić information content (AvgIpc) is 3.15. The molecule has 0 spiro atoms. The van der Waals surface area contributed by atoms with Crippen molar-refractivity contribution in [1.82, 2.24) is 19.5 Å². The van der Waals surface area contributed by atoms with Crippen LogP contribution in [0.15, 0.2) is 11.1 Å². The second kappa shape index (κ2) is 7.11. The highest BCUT2D eigenvalue weighted by atomic mass is 16.6. The number of carbonyl (C=O) groups is 1. The molecule has 2 aromatic heterocycles. The molecule has 2 aromatic rings. The maximum atomic E-state index is 12.3. The molecular weight excluding hydrogens is 344 g/mol. The average molecular weight is 366 g/mol. The summed E-state index contributed by atoms with van der Waals surface area (Å²) in [5.41, 5.74) is 5.39. The van der Waals surface area contributed by atoms with Gasteiger partial charge in [-0.25, -0.2) is 4.98 Å². The number of aliphatic hydroxyl groups excluding tert-OH is 1. The number of fused-ring (bicyclic) bond motifs is 1. The van der Waals surface area contributed by atoms with Crippen molar-refractivity contribution in [2.75, 3.05) is 19.0 Å². The number of nitrogens with zero attached hydrogens (tertiary/aromatic N) is 3. The van der Waals surface area contributed by atoms with Crippen molar-refractivity contribution >= 4 is 23.0 Å². The van der Waals surface area contributed by atoms with Gasteiger partial charge in [-0.2, -0.15) is 4.98 Å². The van der Waals surface area contributed by atoms with Crippen LogP contribution in [0.2, 0.25) is 0 Å². The quantitative estimate of drug-likeness (QED) is 0.522. The van der Waals surface area contributed by atoms with Crippen molar-refractivity contribution in [2.45, 2.75) is 38.4 Å². The van der Waals surface area contributed by atoms with Gasteiger partial charge in [0.1, 0.15) is 18.3 Å². The van der Waals surface area contributed by atoms with Crippen LogP contribution in [0.3, 0.4) is 0 Å². The van der Waals surface area contributed by atoms with Crippen molar-refractivity contribution in [2.24, 2.45) is 11.7 Å². The molecular formula is C15H22N6O5. The number of nitrogens with two attached hydrogens (primary N) is 1. The molecule has 1 aliphatic heterocycles. The second-order valence-electron chi connectivity index (χ2n) is 6.37. The Bertz CT molecular complexity index is 862. The van der Waals surface area contributed by atoms with E-state index < -0.39 is 30.1 Å². The molecule has 1 amide bonds. The molecule has 1 aliphatic rings. The molecule has 11 heteroatoms. The first-order valence-corrected chi connectivity index (χ1v) is 8.21. The van der Waals surface area contributed by atoms with Crippen LogP contribution < -0.4 is 16.6 Å². The number of aromatic nitrogens is 4. The molecule has 3 rings (SSSR count). The minimum absolute atomic E-state index is 0.00540. The van der Waals surface area contributed by atoms with Gasteiger partial charge in [-0.3, -0.25) is 24.5 Å². The number of carbonyl (C=O) groups excluding carboxylic acids is 1. The van der Waals surface area contributed by atoms with Crippen LogP contribution in [0.25, 0.3) is 11.2 Å². The molecule has 0 bridgehead atoms. The third kappa shape index (κ3) is 3.09. The Hall–Kier alpha value is -2.34. The summed E-state index contributed by atoms with van der Waals surface area (Å²) in [5.74, 6) is -0.563. The number of ether oxygens (including phenoxy) is 2. The fraction of sp³-hybridized carbons (Fsp3) is 0.600. The standard InChI is InChI=1S/C15H22N6O5/c1-6(2)12(23)19-15-18-11-8(13(24)20-15)17-5-21(11)14-10(25-3)9(22)7(4-16)26-14/h5-7,9-10,14,22H,4,16H2,1-3H3,(H2,18,19,20,23,24). The SMILES string of the molecule is COC1C(O)C(CN)OC1n1cnc2c(=O)[nH]c(NC(=O)C(C)C)nc21. The summed E-state index contributed by atoms with van der Waals surface area (Å²) in [6.07, 6.45) is -1.66. The van der Waals surface area contributed by atoms with E-state index in [1.807, 2.05) is 0 Å². The molecule has 3 heterocycles. The predicted molar refractivity (Wildman–Crippen MR) is 91.4 cm³/mol. The van der Waals surface area contributed by atoms with Crippen LogP contribution in [-0.4, -0.2) is 62.5 Å². The van der Waals surface area contributed by atoms with E-state index >= 15 is 0 Å². The Kier molecular flexibility index (Phi) is 5.05. The van der Waals surface area contributed by atoms with Gasteiger partial charge in [-0.1, -0.05) is 13.8 Å². The van der Waals surface area contributed by atoms with Gasteiger partial charge >= 0.3 is 0 Å². The van der Waals surface area contributed by atoms with Gasteiger partial charge < -0.3 is 20.3 Å². The van der Waals surface area contributed by atoms with E-state index in [9.17, 15) is 14.7 Å². The zero-order valence-electron chi connectivity index (χ0n) is 14.7. The van der Waals surface area contributed by atoms with Crippen LogP contribution in [0, 0.1) is 5.92 Å². The minimum atomic E-state index is -0.936. The van der Waals surface area contributed by atoms with Crippen LogP contribution in [-0.2, 0) is 14.3 Å². The van der Waals surface area contributed by atoms with Gasteiger partial charge in [0.25, 0.3) is 5.56 Å². The number of imidazole rings is 1. The van der Waals surface area contributed by atoms with Crippen LogP contribution in [0.4, 0.5) is 5.95 Å². The topological polar surface area (TPSA) is 157 Å². The number of H-pyrrole nitrogens is 1. The highest BCUT2D eigenvalue weighted by molar-refractivity contribution is 5.91. The highest BCUT2D eigenvalue weighted by Gasteiger charge is 2.45. The molecule has 26 heavy (non-hydrogen) atoms. The molecule has 4 unspecified atom stereocenters. The Labute approximate surface area is 148 Å². The lowest BCUT2D eigenvalue weighted by Gasteiger charge is -2.20. The first kappa shape index (κ1) is 18.5. The van der Waals surface area contributed by atoms with E-state index in [0.29, 0.717) is 0 Å². The van der Waals surface area contributed by atoms with Gasteiger partial charge in [0, 0.05) is 19.6 Å². The van der Waals surface area contributed by atoms with Gasteiger partial charge in [-0.05, 0) is 0 Å². The monoisotopic (exact) mass is 366 g/mol. The van der Waals surface area contributed by atoms with Crippen LogP contribution in [0.5, 0.6) is 0 Å². The summed E-state index contributed by atoms with van der Waals surface area (Å²) in [6.45, 7) is 3.55. The molecule has 142 valence electrons. The van der Waals surface area contributed by atoms with Crippen molar-refractivity contribution in [1.29, 1.82) is 0 Å². The maximum Gasteiger partial charge on any atom is 0.280 e. The largest absolute Gasteiger partial charge is 0.387 e. The third-order valence-corrected chi connectivity index (χ3v) is 4.29. The smallest absolute Gasteiger partial charge is 0.280 e. The zero-order valence-corrected chi connectivity index (χ0v) is 14.7. The van der Waals surface area contributed by atoms with E-state index in [4.69, 9.17) is 15.2 Å². The van der Waals surface area contributed by atoms with Crippen molar-refractivity contribution < 1.29 is 19.4 Å². The van der Waals surface area contributed by atoms with E-state index in [0.717, 1.165) is 0 Å². The van der Waals surface area contributed by atoms with Gasteiger partial charge in [-0.15, -0.1) is 0 Å².